The lowest BCUT2D eigenvalue weighted by molar-refractivity contribution is -0.126. The highest BCUT2D eigenvalue weighted by Crippen LogP contribution is 2.18. The summed E-state index contributed by atoms with van der Waals surface area (Å²) in [5, 5.41) is 6.46. The van der Waals surface area contributed by atoms with Gasteiger partial charge in [-0.1, -0.05) is 13.8 Å². The van der Waals surface area contributed by atoms with Gasteiger partial charge in [-0.05, 0) is 57.8 Å². The maximum Gasteiger partial charge on any atom is 0.237 e. The number of methoxy groups -OCH3 is 1. The average molecular weight is 299 g/mol. The fourth-order valence-corrected chi connectivity index (χ4v) is 2.71. The fourth-order valence-electron chi connectivity index (χ4n) is 2.71. The summed E-state index contributed by atoms with van der Waals surface area (Å²) < 4.78 is 4.95. The van der Waals surface area contributed by atoms with Crippen LogP contribution < -0.4 is 10.6 Å². The fraction of sp³-hybridized carbons (Fsp3) is 0.938. The number of piperidine rings is 1. The van der Waals surface area contributed by atoms with Gasteiger partial charge in [0.05, 0.1) is 12.6 Å². The molecule has 1 amide bonds. The molecule has 1 heterocycles. The third-order valence-corrected chi connectivity index (χ3v) is 4.17. The first-order valence-corrected chi connectivity index (χ1v) is 8.26. The maximum atomic E-state index is 12.0. The average Bonchev–Trinajstić information content (AvgIpc) is 2.47. The number of nitrogens with zero attached hydrogens (tertiary/aromatic N) is 1. The van der Waals surface area contributed by atoms with E-state index in [0.29, 0.717) is 19.1 Å². The van der Waals surface area contributed by atoms with Crippen LogP contribution in [0, 0.1) is 11.8 Å². The van der Waals surface area contributed by atoms with Gasteiger partial charge >= 0.3 is 0 Å². The number of likely N-dealkylation sites (tertiary alicyclic amines) is 1. The van der Waals surface area contributed by atoms with Gasteiger partial charge in [-0.25, -0.2) is 0 Å². The van der Waals surface area contributed by atoms with E-state index < -0.39 is 0 Å². The van der Waals surface area contributed by atoms with Crippen molar-refractivity contribution in [2.24, 2.45) is 11.8 Å². The zero-order valence-electron chi connectivity index (χ0n) is 14.2. The summed E-state index contributed by atoms with van der Waals surface area (Å²) in [7, 11) is 1.65. The zero-order valence-corrected chi connectivity index (χ0v) is 14.2. The van der Waals surface area contributed by atoms with E-state index in [4.69, 9.17) is 4.74 Å². The molecule has 1 rings (SSSR count). The van der Waals surface area contributed by atoms with E-state index in [-0.39, 0.29) is 11.9 Å². The van der Waals surface area contributed by atoms with Crippen LogP contribution in [0.2, 0.25) is 0 Å². The summed E-state index contributed by atoms with van der Waals surface area (Å²) in [5.74, 6) is 1.58. The number of carbonyl (C=O) groups excluding carboxylic acids is 1. The van der Waals surface area contributed by atoms with Crippen LogP contribution in [0.4, 0.5) is 0 Å². The maximum absolute atomic E-state index is 12.0. The van der Waals surface area contributed by atoms with Gasteiger partial charge in [0, 0.05) is 13.7 Å². The van der Waals surface area contributed by atoms with Crippen LogP contribution in [-0.4, -0.2) is 63.3 Å². The van der Waals surface area contributed by atoms with E-state index in [1.807, 2.05) is 6.92 Å². The smallest absolute Gasteiger partial charge is 0.237 e. The minimum absolute atomic E-state index is 0.0357. The van der Waals surface area contributed by atoms with Crippen molar-refractivity contribution in [1.29, 1.82) is 0 Å². The van der Waals surface area contributed by atoms with Gasteiger partial charge in [0.2, 0.25) is 5.91 Å². The number of rotatable bonds is 9. The van der Waals surface area contributed by atoms with E-state index in [0.717, 1.165) is 32.1 Å². The van der Waals surface area contributed by atoms with E-state index in [1.165, 1.54) is 12.8 Å². The van der Waals surface area contributed by atoms with Crippen molar-refractivity contribution >= 4 is 5.91 Å². The first-order valence-electron chi connectivity index (χ1n) is 8.26. The predicted octanol–water partition coefficient (Wildman–Crippen LogP) is 1.10. The van der Waals surface area contributed by atoms with E-state index in [9.17, 15) is 4.79 Å². The molecule has 21 heavy (non-hydrogen) atoms. The van der Waals surface area contributed by atoms with Crippen molar-refractivity contribution in [2.75, 3.05) is 46.4 Å². The molecule has 0 aromatic carbocycles. The summed E-state index contributed by atoms with van der Waals surface area (Å²) >= 11 is 0. The van der Waals surface area contributed by atoms with Gasteiger partial charge in [-0.15, -0.1) is 0 Å². The van der Waals surface area contributed by atoms with Crippen LogP contribution in [0.15, 0.2) is 0 Å². The number of amides is 1. The second kappa shape index (κ2) is 10.1. The zero-order chi connectivity index (χ0) is 15.7. The van der Waals surface area contributed by atoms with Gasteiger partial charge in [0.15, 0.2) is 0 Å². The number of hydrogen-bond acceptors (Lipinski definition) is 4. The molecule has 1 fully saturated rings. The Kier molecular flexibility index (Phi) is 8.88. The molecule has 0 spiro atoms. The minimum atomic E-state index is -0.0357. The number of ether oxygens (including phenoxy) is 1. The molecule has 1 atom stereocenters. The Labute approximate surface area is 129 Å². The summed E-state index contributed by atoms with van der Waals surface area (Å²) in [5.41, 5.74) is 0. The van der Waals surface area contributed by atoms with Crippen LogP contribution in [-0.2, 0) is 9.53 Å². The first-order chi connectivity index (χ1) is 10.0. The standard InChI is InChI=1S/C16H33N3O2/c1-13(2)11-17-12-15-5-8-19(9-6-15)14(3)16(20)18-7-10-21-4/h13-15,17H,5-12H2,1-4H3,(H,18,20). The van der Waals surface area contributed by atoms with E-state index in [1.54, 1.807) is 7.11 Å². The van der Waals surface area contributed by atoms with E-state index >= 15 is 0 Å². The van der Waals surface area contributed by atoms with Crippen LogP contribution in [0.5, 0.6) is 0 Å². The minimum Gasteiger partial charge on any atom is -0.383 e. The van der Waals surface area contributed by atoms with Crippen molar-refractivity contribution in [3.05, 3.63) is 0 Å². The lowest BCUT2D eigenvalue weighted by Gasteiger charge is -2.35. The number of carbonyl (C=O) groups is 1. The molecule has 1 aliphatic rings. The molecule has 0 aromatic rings. The highest BCUT2D eigenvalue weighted by atomic mass is 16.5. The Morgan fingerprint density at radius 1 is 1.29 bits per heavy atom. The summed E-state index contributed by atoms with van der Waals surface area (Å²) in [4.78, 5) is 14.3. The Hall–Kier alpha value is -0.650. The molecule has 1 saturated heterocycles. The molecule has 0 bridgehead atoms. The number of nitrogens with one attached hydrogen (secondary N) is 2. The lowest BCUT2D eigenvalue weighted by atomic mass is 9.95. The van der Waals surface area contributed by atoms with Crippen LogP contribution >= 0.6 is 0 Å². The van der Waals surface area contributed by atoms with E-state index in [2.05, 4.69) is 29.4 Å². The van der Waals surface area contributed by atoms with Crippen molar-refractivity contribution < 1.29 is 9.53 Å². The SMILES string of the molecule is COCCNC(=O)C(C)N1CCC(CNCC(C)C)CC1. The third kappa shape index (κ3) is 7.25. The summed E-state index contributed by atoms with van der Waals surface area (Å²) in [6.45, 7) is 11.9. The van der Waals surface area contributed by atoms with Crippen LogP contribution in [0.1, 0.15) is 33.6 Å². The predicted molar refractivity (Wildman–Crippen MR) is 86.4 cm³/mol. The lowest BCUT2D eigenvalue weighted by Crippen LogP contribution is -2.49. The number of hydrogen-bond donors (Lipinski definition) is 2. The van der Waals surface area contributed by atoms with Crippen molar-refractivity contribution in [3.8, 4) is 0 Å². The molecule has 0 saturated carbocycles. The third-order valence-electron chi connectivity index (χ3n) is 4.17. The van der Waals surface area contributed by atoms with Crippen molar-refractivity contribution in [2.45, 2.75) is 39.7 Å². The molecular formula is C16H33N3O2. The van der Waals surface area contributed by atoms with Gasteiger partial charge in [0.1, 0.15) is 0 Å². The molecule has 124 valence electrons. The van der Waals surface area contributed by atoms with Gasteiger partial charge < -0.3 is 15.4 Å². The topological polar surface area (TPSA) is 53.6 Å². The van der Waals surface area contributed by atoms with Crippen molar-refractivity contribution in [3.63, 3.8) is 0 Å². The van der Waals surface area contributed by atoms with Gasteiger partial charge in [-0.3, -0.25) is 9.69 Å². The molecule has 5 nitrogen and oxygen atoms in total. The van der Waals surface area contributed by atoms with Gasteiger partial charge in [-0.2, -0.15) is 0 Å². The van der Waals surface area contributed by atoms with Crippen molar-refractivity contribution in [1.82, 2.24) is 15.5 Å². The normalized spacial score (nSPS) is 18.9. The Balaban J connectivity index is 2.20. The largest absolute Gasteiger partial charge is 0.383 e. The Morgan fingerprint density at radius 2 is 1.95 bits per heavy atom. The highest BCUT2D eigenvalue weighted by molar-refractivity contribution is 5.81. The van der Waals surface area contributed by atoms with Gasteiger partial charge in [0.25, 0.3) is 0 Å². The first kappa shape index (κ1) is 18.4. The molecule has 0 aliphatic carbocycles. The molecule has 0 aromatic heterocycles. The summed E-state index contributed by atoms with van der Waals surface area (Å²) in [6.07, 6.45) is 2.36. The second-order valence-electron chi connectivity index (χ2n) is 6.49. The quantitative estimate of drug-likeness (QED) is 0.626. The Morgan fingerprint density at radius 3 is 2.52 bits per heavy atom. The molecule has 0 radical (unpaired) electrons. The molecular weight excluding hydrogens is 266 g/mol. The Bertz CT molecular complexity index is 289. The molecule has 2 N–H and O–H groups in total. The molecule has 1 aliphatic heterocycles. The molecule has 1 unspecified atom stereocenters. The van der Waals surface area contributed by atoms with Crippen LogP contribution in [0.25, 0.3) is 0 Å². The molecule has 5 heteroatoms. The highest BCUT2D eigenvalue weighted by Gasteiger charge is 2.26. The monoisotopic (exact) mass is 299 g/mol. The summed E-state index contributed by atoms with van der Waals surface area (Å²) in [6, 6.07) is -0.0357. The van der Waals surface area contributed by atoms with Crippen LogP contribution in [0.3, 0.4) is 0 Å². The second-order valence-corrected chi connectivity index (χ2v) is 6.49.